The average molecular weight is 1090 g/mol. The third kappa shape index (κ3) is 10.3. The number of rotatable bonds is 6. The second kappa shape index (κ2) is 19.9. The van der Waals surface area contributed by atoms with E-state index in [0.717, 1.165) is 44.5 Å². The number of fused-ring (bicyclic) bond motifs is 12. The van der Waals surface area contributed by atoms with Crippen LogP contribution in [0.1, 0.15) is 78.6 Å². The molecule has 4 aromatic heterocycles. The Morgan fingerprint density at radius 1 is 0.458 bits per heavy atom. The molecule has 72 heavy (non-hydrogen) atoms. The molecule has 0 saturated carbocycles. The normalized spacial score (nSPS) is 14.7. The first-order valence-corrected chi connectivity index (χ1v) is 40.5. The van der Waals surface area contributed by atoms with Crippen molar-refractivity contribution in [3.8, 4) is 11.3 Å². The van der Waals surface area contributed by atoms with Crippen molar-refractivity contribution in [1.82, 2.24) is 19.9 Å². The van der Waals surface area contributed by atoms with Crippen LogP contribution in [0, 0.1) is 0 Å². The molecule has 0 bridgehead atoms. The Hall–Kier alpha value is -5.16. The zero-order valence-corrected chi connectivity index (χ0v) is 49.5. The minimum atomic E-state index is -1.87. The van der Waals surface area contributed by atoms with Gasteiger partial charge in [0.25, 0.3) is 0 Å². The first kappa shape index (κ1) is 51.7. The van der Waals surface area contributed by atoms with Crippen molar-refractivity contribution >= 4 is 124 Å². The molecule has 0 aliphatic carbocycles. The maximum atomic E-state index is 6.32. The monoisotopic (exact) mass is 1090 g/mol. The van der Waals surface area contributed by atoms with Crippen LogP contribution in [0.15, 0.2) is 146 Å². The minimum absolute atomic E-state index is 0.360. The topological polar surface area (TPSA) is 70.0 Å². The van der Waals surface area contributed by atoms with Crippen LogP contribution in [0.4, 0.5) is 0 Å². The summed E-state index contributed by atoms with van der Waals surface area (Å²) in [6.45, 7) is 17.1. The number of benzene rings is 6. The Kier molecular flexibility index (Phi) is 14.3. The molecule has 1 aliphatic heterocycles. The SMILES string of the molecule is CC(C)c1ccc2c3ccccc3c3ccc(-c4cc[c]([Ge]([CH3])([CH3])[CH3])cn4)cc3c2n1.CC(C)c1ccc2c3ccccc3c3ccc(B4OC(C)(C)C(C)(C)O4)cc3c2n1.[CH3][Ge]([CH3])([CH3])[c]1ccc(Cl)nc1. The maximum absolute atomic E-state index is 6.32. The molecular formula is C62H68BClGe2N4O2. The number of hydrogen-bond acceptors (Lipinski definition) is 6. The predicted molar refractivity (Wildman–Crippen MR) is 316 cm³/mol. The fourth-order valence-corrected chi connectivity index (χ4v) is 13.9. The van der Waals surface area contributed by atoms with Gasteiger partial charge in [-0.15, -0.1) is 0 Å². The molecule has 6 nitrogen and oxygen atoms in total. The molecule has 10 heteroatoms. The van der Waals surface area contributed by atoms with E-state index in [2.05, 4.69) is 229 Å². The molecule has 0 atom stereocenters. The van der Waals surface area contributed by atoms with E-state index < -0.39 is 26.5 Å². The van der Waals surface area contributed by atoms with Crippen molar-refractivity contribution in [1.29, 1.82) is 0 Å². The van der Waals surface area contributed by atoms with Crippen LogP contribution in [0.3, 0.4) is 0 Å². The zero-order chi connectivity index (χ0) is 51.5. The van der Waals surface area contributed by atoms with Crippen molar-refractivity contribution in [2.45, 2.75) is 113 Å². The number of hydrogen-bond donors (Lipinski definition) is 0. The summed E-state index contributed by atoms with van der Waals surface area (Å²) in [5.74, 6) is 15.0. The molecule has 6 aromatic carbocycles. The van der Waals surface area contributed by atoms with Crippen LogP contribution in [-0.2, 0) is 9.31 Å². The molecule has 1 saturated heterocycles. The van der Waals surface area contributed by atoms with E-state index in [1.807, 2.05) is 12.3 Å². The van der Waals surface area contributed by atoms with Crippen LogP contribution >= 0.6 is 11.6 Å². The zero-order valence-electron chi connectivity index (χ0n) is 44.6. The number of nitrogens with zero attached hydrogens (tertiary/aromatic N) is 4. The van der Waals surface area contributed by atoms with Gasteiger partial charge < -0.3 is 9.31 Å². The molecule has 11 rings (SSSR count). The standard InChI is InChI=1S/C28H28GeN2.C26H28BNO2.C8H12ClGeN/c1-18(2)26-15-13-24-22-9-7-6-8-21(22)23-12-10-19(16-25(23)28(24)31-26)27-14-11-20(17-30-27)29(3,4)5;1-16(2)23-14-13-21-19-10-8-7-9-18(19)20-12-11-17(15-22(20)24(21)28-23)27-29-25(3,4)26(5,6)30-27;1-10(2,3)7-4-5-8(9)11-6-7/h6-18H,1-5H3;7-16H,1-6H3;4-6H,1-3H3. The van der Waals surface area contributed by atoms with E-state index in [9.17, 15) is 0 Å². The second-order valence-electron chi connectivity index (χ2n) is 23.1. The average Bonchev–Trinajstić information content (AvgIpc) is 3.58. The van der Waals surface area contributed by atoms with Crippen molar-refractivity contribution in [2.75, 3.05) is 0 Å². The van der Waals surface area contributed by atoms with Gasteiger partial charge in [-0.05, 0) is 61.3 Å². The van der Waals surface area contributed by atoms with E-state index >= 15 is 0 Å². The van der Waals surface area contributed by atoms with Gasteiger partial charge >= 0.3 is 269 Å². The summed E-state index contributed by atoms with van der Waals surface area (Å²) in [5, 5.41) is 12.8. The van der Waals surface area contributed by atoms with Gasteiger partial charge in [-0.1, -0.05) is 62.4 Å². The van der Waals surface area contributed by atoms with Gasteiger partial charge in [-0.2, -0.15) is 0 Å². The first-order chi connectivity index (χ1) is 34.0. The molecule has 0 radical (unpaired) electrons. The van der Waals surface area contributed by atoms with Gasteiger partial charge in [0.1, 0.15) is 0 Å². The Labute approximate surface area is 437 Å². The molecule has 5 heterocycles. The van der Waals surface area contributed by atoms with Gasteiger partial charge in [-0.25, -0.2) is 0 Å². The molecule has 366 valence electrons. The van der Waals surface area contributed by atoms with Gasteiger partial charge in [0.2, 0.25) is 0 Å². The van der Waals surface area contributed by atoms with E-state index in [1.54, 1.807) is 0 Å². The Morgan fingerprint density at radius 2 is 0.875 bits per heavy atom. The van der Waals surface area contributed by atoms with Crippen LogP contribution in [0.2, 0.25) is 39.7 Å². The fraction of sp³-hybridized carbons (Fsp3) is 0.290. The summed E-state index contributed by atoms with van der Waals surface area (Å²) < 4.78 is 15.5. The molecule has 1 aliphatic rings. The summed E-state index contributed by atoms with van der Waals surface area (Å²) in [4.78, 5) is 19.1. The van der Waals surface area contributed by atoms with E-state index in [-0.39, 0.29) is 18.3 Å². The summed E-state index contributed by atoms with van der Waals surface area (Å²) in [6, 6.07) is 47.7. The molecule has 10 aromatic rings. The second-order valence-corrected chi connectivity index (χ2v) is 44.8. The Bertz CT molecular complexity index is 3630. The quantitative estimate of drug-likeness (QED) is 0.0939. The summed E-state index contributed by atoms with van der Waals surface area (Å²) in [5.41, 5.74) is 6.87. The molecule has 0 N–H and O–H groups in total. The number of pyridine rings is 4. The van der Waals surface area contributed by atoms with Crippen LogP contribution < -0.4 is 14.3 Å². The van der Waals surface area contributed by atoms with E-state index in [0.29, 0.717) is 17.0 Å². The third-order valence-corrected chi connectivity index (χ3v) is 23.4. The van der Waals surface area contributed by atoms with Gasteiger partial charge in [0.05, 0.1) is 16.7 Å². The molecule has 0 unspecified atom stereocenters. The first-order valence-electron chi connectivity index (χ1n) is 25.5. The Morgan fingerprint density at radius 3 is 1.31 bits per heavy atom. The van der Waals surface area contributed by atoms with Crippen molar-refractivity contribution < 1.29 is 9.31 Å². The van der Waals surface area contributed by atoms with E-state index in [4.69, 9.17) is 35.9 Å². The molecule has 0 amide bonds. The number of halogens is 1. The summed E-state index contributed by atoms with van der Waals surface area (Å²) >= 11 is 2.16. The van der Waals surface area contributed by atoms with Gasteiger partial charge in [-0.3, -0.25) is 4.98 Å². The van der Waals surface area contributed by atoms with Crippen LogP contribution in [-0.4, -0.2) is 64.8 Å². The molecular weight excluding hydrogens is 1020 g/mol. The van der Waals surface area contributed by atoms with Crippen LogP contribution in [0.5, 0.6) is 0 Å². The summed E-state index contributed by atoms with van der Waals surface area (Å²) in [7, 11) is -0.380. The van der Waals surface area contributed by atoms with Crippen LogP contribution in [0.25, 0.3) is 76.2 Å². The number of aromatic nitrogens is 4. The molecule has 0 spiro atoms. The van der Waals surface area contributed by atoms with Gasteiger partial charge in [0.15, 0.2) is 0 Å². The summed E-state index contributed by atoms with van der Waals surface area (Å²) in [6.07, 6.45) is 4.00. The Balaban J connectivity index is 0.000000147. The van der Waals surface area contributed by atoms with Crippen molar-refractivity contribution in [3.63, 3.8) is 0 Å². The van der Waals surface area contributed by atoms with E-state index in [1.165, 1.54) is 57.3 Å². The third-order valence-electron chi connectivity index (χ3n) is 14.6. The van der Waals surface area contributed by atoms with Crippen molar-refractivity contribution in [3.05, 3.63) is 162 Å². The van der Waals surface area contributed by atoms with Crippen molar-refractivity contribution in [2.24, 2.45) is 0 Å². The fourth-order valence-electron chi connectivity index (χ4n) is 9.42. The van der Waals surface area contributed by atoms with Gasteiger partial charge in [0, 0.05) is 16.5 Å². The molecule has 1 fully saturated rings. The predicted octanol–water partition coefficient (Wildman–Crippen LogP) is 15.5.